The van der Waals surface area contributed by atoms with Gasteiger partial charge in [0.1, 0.15) is 6.33 Å². The molecule has 6 nitrogen and oxygen atoms in total. The molecule has 2 unspecified atom stereocenters. The predicted octanol–water partition coefficient (Wildman–Crippen LogP) is 5.40. The molecular formula is C26H25ClF6N4O2. The maximum absolute atomic E-state index is 14.4. The van der Waals surface area contributed by atoms with Crippen molar-refractivity contribution in [1.82, 2.24) is 15.3 Å². The van der Waals surface area contributed by atoms with Gasteiger partial charge >= 0.3 is 6.18 Å². The highest BCUT2D eigenvalue weighted by Gasteiger charge is 2.64. The second kappa shape index (κ2) is 9.35. The van der Waals surface area contributed by atoms with Crippen molar-refractivity contribution in [2.24, 2.45) is 11.8 Å². The number of hydrogen-bond acceptors (Lipinski definition) is 4. The number of halogens is 7. The van der Waals surface area contributed by atoms with Crippen molar-refractivity contribution < 1.29 is 35.9 Å². The van der Waals surface area contributed by atoms with Crippen LogP contribution in [0.1, 0.15) is 50.2 Å². The zero-order chi connectivity index (χ0) is 28.4. The Morgan fingerprint density at radius 1 is 1.10 bits per heavy atom. The first-order valence-corrected chi connectivity index (χ1v) is 12.9. The summed E-state index contributed by atoms with van der Waals surface area (Å²) in [6, 6.07) is 4.17. The van der Waals surface area contributed by atoms with Gasteiger partial charge in [0.2, 0.25) is 0 Å². The molecule has 5 rings (SSSR count). The van der Waals surface area contributed by atoms with E-state index in [9.17, 15) is 35.9 Å². The molecule has 3 aliphatic carbocycles. The van der Waals surface area contributed by atoms with Gasteiger partial charge in [0.05, 0.1) is 5.41 Å². The lowest BCUT2D eigenvalue weighted by molar-refractivity contribution is -0.160. The van der Waals surface area contributed by atoms with E-state index in [2.05, 4.69) is 15.3 Å². The van der Waals surface area contributed by atoms with Crippen molar-refractivity contribution in [2.75, 3.05) is 4.90 Å². The molecule has 1 aromatic carbocycles. The molecule has 39 heavy (non-hydrogen) atoms. The number of alkyl halides is 7. The maximum Gasteiger partial charge on any atom is 0.398 e. The van der Waals surface area contributed by atoms with Crippen molar-refractivity contribution >= 4 is 29.1 Å². The second-order valence-electron chi connectivity index (χ2n) is 10.8. The molecule has 1 aromatic heterocycles. The van der Waals surface area contributed by atoms with Crippen LogP contribution < -0.4 is 10.2 Å². The molecule has 1 N–H and O–H groups in total. The molecule has 13 heteroatoms. The van der Waals surface area contributed by atoms with E-state index in [1.807, 2.05) is 0 Å². The van der Waals surface area contributed by atoms with Crippen LogP contribution in [0.3, 0.4) is 0 Å². The molecular weight excluding hydrogens is 550 g/mol. The summed E-state index contributed by atoms with van der Waals surface area (Å²) in [7, 11) is 0. The first-order valence-electron chi connectivity index (χ1n) is 12.4. The third-order valence-electron chi connectivity index (χ3n) is 8.53. The summed E-state index contributed by atoms with van der Waals surface area (Å²) < 4.78 is 83.5. The fraction of sp³-hybridized carbons (Fsp3) is 0.538. The Morgan fingerprint density at radius 2 is 1.72 bits per heavy atom. The van der Waals surface area contributed by atoms with Crippen molar-refractivity contribution in [3.8, 4) is 0 Å². The minimum absolute atomic E-state index is 0.0223. The molecule has 2 amide bonds. The summed E-state index contributed by atoms with van der Waals surface area (Å²) in [5.74, 6) is -6.34. The quantitative estimate of drug-likeness (QED) is 0.355. The van der Waals surface area contributed by atoms with E-state index in [0.29, 0.717) is 0 Å². The molecule has 0 spiro atoms. The lowest BCUT2D eigenvalue weighted by atomic mass is 9.87. The normalized spacial score (nSPS) is 26.9. The third kappa shape index (κ3) is 4.54. The van der Waals surface area contributed by atoms with Crippen molar-refractivity contribution in [3.63, 3.8) is 0 Å². The standard InChI is InChI=1S/C26H25ClF6N4O2/c1-23(17-11-34-13-35-12-17,22(39)36-19-9-16-8-14(19)10-25(16,29)30)37(21(38)20(27)28)18-4-2-15(3-5-18)24(6-7-24)26(31,32)33/h2-5,11-14,16,19-20H,6-10H2,1H3,(H,36,39)/t14?,16?,19-,20+,23+/m1/s1. The van der Waals surface area contributed by atoms with Crippen LogP contribution in [0, 0.1) is 11.8 Å². The number of rotatable bonds is 7. The number of benzene rings is 1. The molecule has 3 saturated carbocycles. The summed E-state index contributed by atoms with van der Waals surface area (Å²) in [6.07, 6.45) is -1.11. The van der Waals surface area contributed by atoms with Gasteiger partial charge in [-0.25, -0.2) is 23.1 Å². The number of fused-ring (bicyclic) bond motifs is 2. The molecule has 3 fully saturated rings. The second-order valence-corrected chi connectivity index (χ2v) is 11.2. The van der Waals surface area contributed by atoms with Crippen LogP contribution in [0.5, 0.6) is 0 Å². The van der Waals surface area contributed by atoms with Crippen molar-refractivity contribution in [3.05, 3.63) is 54.1 Å². The van der Waals surface area contributed by atoms with Gasteiger partial charge < -0.3 is 5.32 Å². The zero-order valence-corrected chi connectivity index (χ0v) is 21.4. The summed E-state index contributed by atoms with van der Waals surface area (Å²) >= 11 is 5.54. The lowest BCUT2D eigenvalue weighted by Crippen LogP contribution is -2.60. The van der Waals surface area contributed by atoms with E-state index in [0.717, 1.165) is 4.90 Å². The fourth-order valence-electron chi connectivity index (χ4n) is 6.10. The van der Waals surface area contributed by atoms with E-state index in [4.69, 9.17) is 11.6 Å². The Balaban J connectivity index is 1.54. The molecule has 0 radical (unpaired) electrons. The molecule has 3 aliphatic rings. The molecule has 2 aromatic rings. The molecule has 1 heterocycles. The van der Waals surface area contributed by atoms with Crippen molar-refractivity contribution in [2.45, 2.75) is 73.8 Å². The first-order chi connectivity index (χ1) is 18.2. The predicted molar refractivity (Wildman–Crippen MR) is 129 cm³/mol. The topological polar surface area (TPSA) is 75.2 Å². The van der Waals surface area contributed by atoms with Crippen LogP contribution in [0.15, 0.2) is 43.0 Å². The third-order valence-corrected chi connectivity index (χ3v) is 8.72. The maximum atomic E-state index is 14.4. The van der Waals surface area contributed by atoms with Gasteiger partial charge in [-0.2, -0.15) is 13.2 Å². The molecule has 5 atom stereocenters. The van der Waals surface area contributed by atoms with E-state index >= 15 is 0 Å². The Hall–Kier alpha value is -2.89. The summed E-state index contributed by atoms with van der Waals surface area (Å²) in [6.45, 7) is 1.30. The number of carbonyl (C=O) groups excluding carboxylic acids is 2. The molecule has 0 aliphatic heterocycles. The Kier molecular flexibility index (Phi) is 6.63. The Labute approximate surface area is 225 Å². The highest BCUT2D eigenvalue weighted by molar-refractivity contribution is 6.32. The molecule has 210 valence electrons. The average Bonchev–Trinajstić information content (AvgIpc) is 3.54. The average molecular weight is 575 g/mol. The van der Waals surface area contributed by atoms with E-state index < -0.39 is 58.4 Å². The Morgan fingerprint density at radius 3 is 2.18 bits per heavy atom. The monoisotopic (exact) mass is 574 g/mol. The van der Waals surface area contributed by atoms with Gasteiger partial charge in [-0.3, -0.25) is 14.5 Å². The summed E-state index contributed by atoms with van der Waals surface area (Å²) in [4.78, 5) is 35.7. The molecule has 2 bridgehead atoms. The number of carbonyl (C=O) groups is 2. The van der Waals surface area contributed by atoms with Crippen molar-refractivity contribution in [1.29, 1.82) is 0 Å². The largest absolute Gasteiger partial charge is 0.398 e. The first kappa shape index (κ1) is 27.7. The van der Waals surface area contributed by atoms with Gasteiger partial charge in [0.25, 0.3) is 23.4 Å². The van der Waals surface area contributed by atoms with Crippen LogP contribution >= 0.6 is 11.6 Å². The van der Waals surface area contributed by atoms with Crippen LogP contribution in [0.4, 0.5) is 32.0 Å². The highest BCUT2D eigenvalue weighted by Crippen LogP contribution is 2.59. The highest BCUT2D eigenvalue weighted by atomic mass is 35.5. The number of nitrogens with zero attached hydrogens (tertiary/aromatic N) is 3. The minimum atomic E-state index is -4.47. The van der Waals surface area contributed by atoms with Gasteiger partial charge in [-0.15, -0.1) is 0 Å². The Bertz CT molecular complexity index is 1260. The van der Waals surface area contributed by atoms with Crippen LogP contribution in [-0.2, 0) is 20.5 Å². The number of hydrogen-bond donors (Lipinski definition) is 1. The smallest absolute Gasteiger partial charge is 0.351 e. The van der Waals surface area contributed by atoms with E-state index in [1.54, 1.807) is 0 Å². The van der Waals surface area contributed by atoms with E-state index in [1.165, 1.54) is 49.9 Å². The van der Waals surface area contributed by atoms with Gasteiger partial charge in [-0.1, -0.05) is 23.7 Å². The lowest BCUT2D eigenvalue weighted by Gasteiger charge is -2.41. The fourth-order valence-corrected chi connectivity index (χ4v) is 6.20. The van der Waals surface area contributed by atoms with E-state index in [-0.39, 0.29) is 48.9 Å². The van der Waals surface area contributed by atoms with Gasteiger partial charge in [0.15, 0.2) is 5.54 Å². The minimum Gasteiger partial charge on any atom is -0.351 e. The molecule has 0 saturated heterocycles. The number of nitrogens with one attached hydrogen (secondary N) is 1. The van der Waals surface area contributed by atoms with Crippen LogP contribution in [0.25, 0.3) is 0 Å². The summed E-state index contributed by atoms with van der Waals surface area (Å²) in [5.41, 5.74) is -6.69. The zero-order valence-electron chi connectivity index (χ0n) is 20.7. The van der Waals surface area contributed by atoms with Crippen LogP contribution in [0.2, 0.25) is 0 Å². The number of anilines is 1. The van der Waals surface area contributed by atoms with Gasteiger partial charge in [-0.05, 0) is 56.2 Å². The van der Waals surface area contributed by atoms with Gasteiger partial charge in [0, 0.05) is 42.0 Å². The summed E-state index contributed by atoms with van der Waals surface area (Å²) in [5, 5.41) is 2.76. The van der Waals surface area contributed by atoms with Crippen LogP contribution in [-0.4, -0.2) is 45.6 Å². The SMILES string of the molecule is C[C@@](C(=O)N[C@@H]1CC2CC1CC2(F)F)(c1cncnc1)N(C(=O)[C@H](F)Cl)c1ccc(C2(C(F)(F)F)CC2)cc1. The number of amides is 2. The number of aromatic nitrogens is 2.